The fraction of sp³-hybridized carbons (Fsp3) is 0.500. The smallest absolute Gasteiger partial charge is 0.0768 e. The lowest BCUT2D eigenvalue weighted by atomic mass is 10.1. The molecule has 0 bridgehead atoms. The molecule has 2 N–H and O–H groups in total. The van der Waals surface area contributed by atoms with Crippen LogP contribution in [0.4, 0.5) is 0 Å². The lowest BCUT2D eigenvalue weighted by Gasteiger charge is -2.23. The molecule has 2 nitrogen and oxygen atoms in total. The molecule has 1 aromatic carbocycles. The molecule has 0 aliphatic heterocycles. The number of aryl methyl sites for hydroxylation is 1. The first-order valence-corrected chi connectivity index (χ1v) is 6.51. The van der Waals surface area contributed by atoms with Gasteiger partial charge in [-0.2, -0.15) is 0 Å². The van der Waals surface area contributed by atoms with E-state index in [-0.39, 0.29) is 5.92 Å². The topological polar surface area (TPSA) is 29.3 Å². The minimum Gasteiger partial charge on any atom is -0.393 e. The summed E-state index contributed by atoms with van der Waals surface area (Å²) in [7, 11) is 0. The van der Waals surface area contributed by atoms with E-state index in [1.54, 1.807) is 0 Å². The number of nitrogens with two attached hydrogens (primary N) is 1. The molecule has 1 unspecified atom stereocenters. The van der Waals surface area contributed by atoms with E-state index >= 15 is 0 Å². The maximum Gasteiger partial charge on any atom is 0.0768 e. The van der Waals surface area contributed by atoms with Crippen LogP contribution in [0.2, 0.25) is 0 Å². The van der Waals surface area contributed by atoms with Crippen LogP contribution in [0.3, 0.4) is 0 Å². The molecular formula is C14H22N2S. The van der Waals surface area contributed by atoms with Crippen molar-refractivity contribution in [1.29, 1.82) is 0 Å². The summed E-state index contributed by atoms with van der Waals surface area (Å²) < 4.78 is 0. The zero-order valence-corrected chi connectivity index (χ0v) is 11.8. The van der Waals surface area contributed by atoms with E-state index in [4.69, 9.17) is 18.0 Å². The monoisotopic (exact) mass is 250 g/mol. The van der Waals surface area contributed by atoms with E-state index in [2.05, 4.69) is 49.9 Å². The number of hydrogen-bond acceptors (Lipinski definition) is 2. The maximum atomic E-state index is 5.66. The van der Waals surface area contributed by atoms with Gasteiger partial charge in [-0.3, -0.25) is 4.90 Å². The summed E-state index contributed by atoms with van der Waals surface area (Å²) in [5.74, 6) is 0.274. The SMILES string of the molecule is CCN(Cc1ccc(C)cc1)CC(C)C(N)=S. The average Bonchev–Trinajstić information content (AvgIpc) is 2.30. The Kier molecular flexibility index (Phi) is 5.59. The van der Waals surface area contributed by atoms with E-state index in [0.29, 0.717) is 4.99 Å². The summed E-state index contributed by atoms with van der Waals surface area (Å²) in [5, 5.41) is 0. The Morgan fingerprint density at radius 1 is 1.35 bits per heavy atom. The fourth-order valence-corrected chi connectivity index (χ4v) is 1.81. The number of thiocarbonyl (C=S) groups is 1. The molecule has 1 atom stereocenters. The van der Waals surface area contributed by atoms with Crippen molar-refractivity contribution < 1.29 is 0 Å². The predicted molar refractivity (Wildman–Crippen MR) is 78.1 cm³/mol. The van der Waals surface area contributed by atoms with Crippen molar-refractivity contribution in [2.75, 3.05) is 13.1 Å². The molecule has 0 heterocycles. The number of nitrogens with zero attached hydrogens (tertiary/aromatic N) is 1. The number of rotatable bonds is 6. The Bertz CT molecular complexity index is 359. The van der Waals surface area contributed by atoms with Crippen molar-refractivity contribution in [3.63, 3.8) is 0 Å². The number of hydrogen-bond donors (Lipinski definition) is 1. The average molecular weight is 250 g/mol. The van der Waals surface area contributed by atoms with Crippen LogP contribution in [0.15, 0.2) is 24.3 Å². The second-order valence-corrected chi connectivity index (χ2v) is 5.09. The van der Waals surface area contributed by atoms with Crippen LogP contribution in [0.25, 0.3) is 0 Å². The zero-order valence-electron chi connectivity index (χ0n) is 10.9. The highest BCUT2D eigenvalue weighted by atomic mass is 32.1. The van der Waals surface area contributed by atoms with Gasteiger partial charge in [0, 0.05) is 19.0 Å². The highest BCUT2D eigenvalue weighted by Crippen LogP contribution is 2.09. The molecule has 0 radical (unpaired) electrons. The lowest BCUT2D eigenvalue weighted by Crippen LogP contribution is -2.33. The minimum atomic E-state index is 0.274. The highest BCUT2D eigenvalue weighted by Gasteiger charge is 2.11. The van der Waals surface area contributed by atoms with Crippen molar-refractivity contribution >= 4 is 17.2 Å². The van der Waals surface area contributed by atoms with Crippen LogP contribution >= 0.6 is 12.2 Å². The third-order valence-electron chi connectivity index (χ3n) is 2.99. The fourth-order valence-electron chi connectivity index (χ4n) is 1.73. The molecule has 0 aliphatic carbocycles. The summed E-state index contributed by atoms with van der Waals surface area (Å²) in [6, 6.07) is 8.67. The van der Waals surface area contributed by atoms with E-state index in [1.165, 1.54) is 11.1 Å². The van der Waals surface area contributed by atoms with Crippen LogP contribution in [0.5, 0.6) is 0 Å². The molecule has 1 aromatic rings. The van der Waals surface area contributed by atoms with Gasteiger partial charge in [0.1, 0.15) is 0 Å². The van der Waals surface area contributed by atoms with E-state index in [0.717, 1.165) is 19.6 Å². The van der Waals surface area contributed by atoms with Gasteiger partial charge in [-0.25, -0.2) is 0 Å². The third-order valence-corrected chi connectivity index (χ3v) is 3.39. The summed E-state index contributed by atoms with van der Waals surface area (Å²) in [4.78, 5) is 2.97. The molecule has 3 heteroatoms. The van der Waals surface area contributed by atoms with Gasteiger partial charge in [0.25, 0.3) is 0 Å². The standard InChI is InChI=1S/C14H22N2S/c1-4-16(9-12(3)14(15)17)10-13-7-5-11(2)6-8-13/h5-8,12H,4,9-10H2,1-3H3,(H2,15,17). The van der Waals surface area contributed by atoms with E-state index in [9.17, 15) is 0 Å². The highest BCUT2D eigenvalue weighted by molar-refractivity contribution is 7.80. The van der Waals surface area contributed by atoms with Crippen LogP contribution in [0.1, 0.15) is 25.0 Å². The van der Waals surface area contributed by atoms with Crippen molar-refractivity contribution in [2.45, 2.75) is 27.3 Å². The van der Waals surface area contributed by atoms with Gasteiger partial charge in [0.2, 0.25) is 0 Å². The second-order valence-electron chi connectivity index (χ2n) is 4.62. The Hall–Kier alpha value is -0.930. The Morgan fingerprint density at radius 3 is 2.41 bits per heavy atom. The van der Waals surface area contributed by atoms with Gasteiger partial charge in [-0.1, -0.05) is 55.9 Å². The quantitative estimate of drug-likeness (QED) is 0.787. The molecule has 17 heavy (non-hydrogen) atoms. The summed E-state index contributed by atoms with van der Waals surface area (Å²) in [6.07, 6.45) is 0. The molecule has 0 saturated carbocycles. The molecule has 0 fully saturated rings. The van der Waals surface area contributed by atoms with Gasteiger partial charge in [-0.05, 0) is 19.0 Å². The second kappa shape index (κ2) is 6.72. The Labute approximate surface area is 110 Å². The molecule has 0 aromatic heterocycles. The molecule has 94 valence electrons. The molecule has 0 spiro atoms. The zero-order chi connectivity index (χ0) is 12.8. The minimum absolute atomic E-state index is 0.274. The van der Waals surface area contributed by atoms with Gasteiger partial charge in [0.15, 0.2) is 0 Å². The molecule has 1 rings (SSSR count). The molecule has 0 amide bonds. The normalized spacial score (nSPS) is 12.7. The summed E-state index contributed by atoms with van der Waals surface area (Å²) >= 11 is 5.02. The van der Waals surface area contributed by atoms with Crippen molar-refractivity contribution in [3.8, 4) is 0 Å². The van der Waals surface area contributed by atoms with E-state index < -0.39 is 0 Å². The summed E-state index contributed by atoms with van der Waals surface area (Å²) in [5.41, 5.74) is 8.30. The van der Waals surface area contributed by atoms with E-state index in [1.807, 2.05) is 0 Å². The Morgan fingerprint density at radius 2 is 1.94 bits per heavy atom. The van der Waals surface area contributed by atoms with Crippen molar-refractivity contribution in [3.05, 3.63) is 35.4 Å². The number of benzene rings is 1. The first-order chi connectivity index (χ1) is 8.02. The van der Waals surface area contributed by atoms with Gasteiger partial charge < -0.3 is 5.73 Å². The first-order valence-electron chi connectivity index (χ1n) is 6.10. The molecule has 0 aliphatic rings. The van der Waals surface area contributed by atoms with Crippen LogP contribution in [-0.4, -0.2) is 23.0 Å². The van der Waals surface area contributed by atoms with Gasteiger partial charge in [0.05, 0.1) is 4.99 Å². The lowest BCUT2D eigenvalue weighted by molar-refractivity contribution is 0.264. The molecule has 0 saturated heterocycles. The van der Waals surface area contributed by atoms with Crippen molar-refractivity contribution in [2.24, 2.45) is 11.7 Å². The van der Waals surface area contributed by atoms with Crippen molar-refractivity contribution in [1.82, 2.24) is 4.90 Å². The maximum absolute atomic E-state index is 5.66. The first kappa shape index (κ1) is 14.1. The van der Waals surface area contributed by atoms with Crippen LogP contribution in [0, 0.1) is 12.8 Å². The largest absolute Gasteiger partial charge is 0.393 e. The summed E-state index contributed by atoms with van der Waals surface area (Å²) in [6.45, 7) is 9.27. The Balaban J connectivity index is 2.57. The van der Waals surface area contributed by atoms with Gasteiger partial charge in [-0.15, -0.1) is 0 Å². The van der Waals surface area contributed by atoms with Gasteiger partial charge >= 0.3 is 0 Å². The molecular weight excluding hydrogens is 228 g/mol. The van der Waals surface area contributed by atoms with Crippen LogP contribution < -0.4 is 5.73 Å². The van der Waals surface area contributed by atoms with Crippen LogP contribution in [-0.2, 0) is 6.54 Å². The predicted octanol–water partition coefficient (Wildman–Crippen LogP) is 2.74. The third kappa shape index (κ3) is 4.84.